The Morgan fingerprint density at radius 1 is 1.42 bits per heavy atom. The minimum absolute atomic E-state index is 0.679. The molecule has 4 heteroatoms. The van der Waals surface area contributed by atoms with Crippen molar-refractivity contribution in [2.24, 2.45) is 11.8 Å². The van der Waals surface area contributed by atoms with Crippen LogP contribution in [0.2, 0.25) is 0 Å². The fourth-order valence-corrected chi connectivity index (χ4v) is 2.91. The predicted molar refractivity (Wildman–Crippen MR) is 83.4 cm³/mol. The largest absolute Gasteiger partial charge is 0.314 e. The Kier molecular flexibility index (Phi) is 5.07. The van der Waals surface area contributed by atoms with Crippen LogP contribution in [0.5, 0.6) is 0 Å². The van der Waals surface area contributed by atoms with Crippen molar-refractivity contribution < 1.29 is 0 Å². The van der Waals surface area contributed by atoms with Gasteiger partial charge in [-0.1, -0.05) is 13.8 Å². The Balaban J connectivity index is 2.06. The lowest BCUT2D eigenvalue weighted by molar-refractivity contribution is 0.350. The minimum atomic E-state index is 0.679. The van der Waals surface area contributed by atoms with E-state index in [4.69, 9.17) is 0 Å². The summed E-state index contributed by atoms with van der Waals surface area (Å²) in [6, 6.07) is 0.794. The van der Waals surface area contributed by atoms with E-state index in [1.165, 1.54) is 23.0 Å². The normalized spacial score (nSPS) is 17.2. The van der Waals surface area contributed by atoms with Gasteiger partial charge in [0.05, 0.1) is 15.9 Å². The molecule has 1 aromatic rings. The van der Waals surface area contributed by atoms with Crippen LogP contribution >= 0.6 is 15.9 Å². The second-order valence-electron chi connectivity index (χ2n) is 6.05. The van der Waals surface area contributed by atoms with E-state index in [-0.39, 0.29) is 0 Å². The molecule has 0 radical (unpaired) electrons. The maximum Gasteiger partial charge on any atom is 0.0738 e. The first-order valence-corrected chi connectivity index (χ1v) is 8.27. The van der Waals surface area contributed by atoms with E-state index in [0.717, 1.165) is 31.2 Å². The zero-order chi connectivity index (χ0) is 14.0. The number of halogens is 1. The van der Waals surface area contributed by atoms with Gasteiger partial charge >= 0.3 is 0 Å². The van der Waals surface area contributed by atoms with E-state index in [0.29, 0.717) is 11.8 Å². The molecule has 3 nitrogen and oxygen atoms in total. The van der Waals surface area contributed by atoms with Crippen LogP contribution in [0.4, 0.5) is 0 Å². The van der Waals surface area contributed by atoms with Gasteiger partial charge in [0.2, 0.25) is 0 Å². The fraction of sp³-hybridized carbons (Fsp3) is 0.800. The summed E-state index contributed by atoms with van der Waals surface area (Å²) in [5.41, 5.74) is 2.46. The molecule has 0 saturated heterocycles. The number of rotatable bonds is 7. The molecule has 0 bridgehead atoms. The summed E-state index contributed by atoms with van der Waals surface area (Å²) in [5.74, 6) is 1.37. The van der Waals surface area contributed by atoms with E-state index in [1.54, 1.807) is 0 Å². The minimum Gasteiger partial charge on any atom is -0.314 e. The van der Waals surface area contributed by atoms with Gasteiger partial charge < -0.3 is 5.32 Å². The summed E-state index contributed by atoms with van der Waals surface area (Å²) in [7, 11) is 0. The van der Waals surface area contributed by atoms with Crippen LogP contribution in [0, 0.1) is 18.8 Å². The summed E-state index contributed by atoms with van der Waals surface area (Å²) in [5, 5.41) is 8.28. The molecule has 0 aliphatic heterocycles. The highest BCUT2D eigenvalue weighted by molar-refractivity contribution is 9.10. The number of hydrogen-bond donors (Lipinski definition) is 1. The average molecular weight is 328 g/mol. The van der Waals surface area contributed by atoms with E-state index < -0.39 is 0 Å². The van der Waals surface area contributed by atoms with Gasteiger partial charge in [0, 0.05) is 12.6 Å². The molecule has 2 rings (SSSR count). The summed E-state index contributed by atoms with van der Waals surface area (Å²) in [4.78, 5) is 0. The third kappa shape index (κ3) is 3.82. The standard InChI is InChI=1S/C15H26BrN3/c1-5-19-14(15(16)11(4)18-19)8-12(10(2)3)9-17-13-6-7-13/h10,12-13,17H,5-9H2,1-4H3. The van der Waals surface area contributed by atoms with Crippen LogP contribution in [0.1, 0.15) is 45.0 Å². The molecular weight excluding hydrogens is 302 g/mol. The summed E-state index contributed by atoms with van der Waals surface area (Å²) in [6.45, 7) is 11.0. The third-order valence-corrected chi connectivity index (χ3v) is 5.13. The van der Waals surface area contributed by atoms with Crippen molar-refractivity contribution in [2.75, 3.05) is 6.54 Å². The SMILES string of the molecule is CCn1nc(C)c(Br)c1CC(CNC1CC1)C(C)C. The zero-order valence-corrected chi connectivity index (χ0v) is 14.1. The van der Waals surface area contributed by atoms with Crippen molar-refractivity contribution in [3.05, 3.63) is 15.9 Å². The van der Waals surface area contributed by atoms with Gasteiger partial charge in [-0.2, -0.15) is 5.10 Å². The van der Waals surface area contributed by atoms with Crippen molar-refractivity contribution in [2.45, 2.75) is 59.5 Å². The molecule has 1 unspecified atom stereocenters. The predicted octanol–water partition coefficient (Wildman–Crippen LogP) is 3.54. The first-order valence-electron chi connectivity index (χ1n) is 7.48. The number of nitrogens with zero attached hydrogens (tertiary/aromatic N) is 2. The van der Waals surface area contributed by atoms with Crippen molar-refractivity contribution in [3.8, 4) is 0 Å². The van der Waals surface area contributed by atoms with E-state index >= 15 is 0 Å². The second kappa shape index (κ2) is 6.40. The summed E-state index contributed by atoms with van der Waals surface area (Å²) >= 11 is 3.71. The van der Waals surface area contributed by atoms with Crippen LogP contribution in [0.25, 0.3) is 0 Å². The quantitative estimate of drug-likeness (QED) is 0.830. The van der Waals surface area contributed by atoms with Crippen molar-refractivity contribution in [3.63, 3.8) is 0 Å². The molecule has 1 saturated carbocycles. The molecular formula is C15H26BrN3. The molecule has 1 N–H and O–H groups in total. The molecule has 1 atom stereocenters. The molecule has 1 aromatic heterocycles. The lowest BCUT2D eigenvalue weighted by atomic mass is 9.91. The first-order chi connectivity index (χ1) is 9.02. The number of nitrogens with one attached hydrogen (secondary N) is 1. The summed E-state index contributed by atoms with van der Waals surface area (Å²) < 4.78 is 3.35. The fourth-order valence-electron chi connectivity index (χ4n) is 2.46. The number of hydrogen-bond acceptors (Lipinski definition) is 2. The second-order valence-corrected chi connectivity index (χ2v) is 6.85. The van der Waals surface area contributed by atoms with Gasteiger partial charge in [-0.15, -0.1) is 0 Å². The van der Waals surface area contributed by atoms with E-state index in [1.807, 2.05) is 0 Å². The highest BCUT2D eigenvalue weighted by Crippen LogP contribution is 2.27. The topological polar surface area (TPSA) is 29.9 Å². The van der Waals surface area contributed by atoms with Gasteiger partial charge in [0.1, 0.15) is 0 Å². The molecule has 19 heavy (non-hydrogen) atoms. The Hall–Kier alpha value is -0.350. The van der Waals surface area contributed by atoms with E-state index in [2.05, 4.69) is 58.7 Å². The molecule has 1 aliphatic rings. The highest BCUT2D eigenvalue weighted by atomic mass is 79.9. The highest BCUT2D eigenvalue weighted by Gasteiger charge is 2.24. The smallest absolute Gasteiger partial charge is 0.0738 e. The van der Waals surface area contributed by atoms with Gasteiger partial charge in [-0.05, 0) is 67.4 Å². The Morgan fingerprint density at radius 3 is 2.63 bits per heavy atom. The van der Waals surface area contributed by atoms with Crippen molar-refractivity contribution in [1.82, 2.24) is 15.1 Å². The third-order valence-electron chi connectivity index (χ3n) is 4.10. The number of aryl methyl sites for hydroxylation is 2. The molecule has 108 valence electrons. The molecule has 1 heterocycles. The van der Waals surface area contributed by atoms with Gasteiger partial charge in [-0.25, -0.2) is 0 Å². The zero-order valence-electron chi connectivity index (χ0n) is 12.5. The van der Waals surface area contributed by atoms with E-state index in [9.17, 15) is 0 Å². The van der Waals surface area contributed by atoms with Crippen molar-refractivity contribution >= 4 is 15.9 Å². The average Bonchev–Trinajstić information content (AvgIpc) is 3.15. The van der Waals surface area contributed by atoms with Gasteiger partial charge in [0.15, 0.2) is 0 Å². The van der Waals surface area contributed by atoms with Gasteiger partial charge in [0.25, 0.3) is 0 Å². The molecule has 1 fully saturated rings. The van der Waals surface area contributed by atoms with Crippen LogP contribution < -0.4 is 5.32 Å². The monoisotopic (exact) mass is 327 g/mol. The maximum absolute atomic E-state index is 4.60. The maximum atomic E-state index is 4.60. The first kappa shape index (κ1) is 15.0. The lowest BCUT2D eigenvalue weighted by Crippen LogP contribution is -2.30. The Morgan fingerprint density at radius 2 is 2.11 bits per heavy atom. The summed E-state index contributed by atoms with van der Waals surface area (Å²) in [6.07, 6.45) is 3.83. The molecule has 0 aromatic carbocycles. The Bertz CT molecular complexity index is 421. The van der Waals surface area contributed by atoms with Crippen LogP contribution in [0.15, 0.2) is 4.47 Å². The van der Waals surface area contributed by atoms with Gasteiger partial charge in [-0.3, -0.25) is 4.68 Å². The van der Waals surface area contributed by atoms with Crippen LogP contribution in [-0.4, -0.2) is 22.4 Å². The molecule has 0 amide bonds. The molecule has 0 spiro atoms. The molecule has 1 aliphatic carbocycles. The number of aromatic nitrogens is 2. The Labute approximate surface area is 125 Å². The van der Waals surface area contributed by atoms with Crippen molar-refractivity contribution in [1.29, 1.82) is 0 Å². The van der Waals surface area contributed by atoms with Crippen LogP contribution in [0.3, 0.4) is 0 Å². The lowest BCUT2D eigenvalue weighted by Gasteiger charge is -2.22. The van der Waals surface area contributed by atoms with Crippen LogP contribution in [-0.2, 0) is 13.0 Å².